The van der Waals surface area contributed by atoms with Gasteiger partial charge in [-0.25, -0.2) is 0 Å². The first-order valence-corrected chi connectivity index (χ1v) is 8.18. The highest BCUT2D eigenvalue weighted by molar-refractivity contribution is 9.10. The van der Waals surface area contributed by atoms with E-state index in [0.29, 0.717) is 0 Å². The minimum absolute atomic E-state index is 0.0143. The lowest BCUT2D eigenvalue weighted by atomic mass is 9.86. The van der Waals surface area contributed by atoms with Crippen molar-refractivity contribution in [3.05, 3.63) is 69.2 Å². The number of rotatable bonds is 3. The lowest BCUT2D eigenvalue weighted by Crippen LogP contribution is -2.15. The van der Waals surface area contributed by atoms with Gasteiger partial charge >= 0.3 is 0 Å². The summed E-state index contributed by atoms with van der Waals surface area (Å²) in [5.41, 5.74) is 11.6. The molecule has 112 valence electrons. The fourth-order valence-electron chi connectivity index (χ4n) is 2.44. The third-order valence-corrected chi connectivity index (χ3v) is 4.52. The van der Waals surface area contributed by atoms with Crippen LogP contribution >= 0.6 is 15.9 Å². The summed E-state index contributed by atoms with van der Waals surface area (Å²) in [5.74, 6) is 0. The van der Waals surface area contributed by atoms with Crippen LogP contribution in [-0.4, -0.2) is 0 Å². The van der Waals surface area contributed by atoms with Crippen LogP contribution in [-0.2, 0) is 11.8 Å². The Hall–Kier alpha value is -1.12. The van der Waals surface area contributed by atoms with E-state index in [1.54, 1.807) is 0 Å². The predicted octanol–water partition coefficient (Wildman–Crippen LogP) is 5.30. The molecule has 0 fully saturated rings. The van der Waals surface area contributed by atoms with Gasteiger partial charge in [0.25, 0.3) is 0 Å². The smallest absolute Gasteiger partial charge is 0.0347 e. The molecule has 0 saturated heterocycles. The Balaban J connectivity index is 2.14. The van der Waals surface area contributed by atoms with Crippen LogP contribution in [0.3, 0.4) is 0 Å². The molecule has 0 spiro atoms. The molecule has 2 N–H and O–H groups in total. The molecule has 1 atom stereocenters. The van der Waals surface area contributed by atoms with Crippen LogP contribution in [0.2, 0.25) is 0 Å². The first-order valence-electron chi connectivity index (χ1n) is 7.38. The third kappa shape index (κ3) is 4.18. The Bertz CT molecular complexity index is 608. The van der Waals surface area contributed by atoms with Crippen molar-refractivity contribution in [3.63, 3.8) is 0 Å². The van der Waals surface area contributed by atoms with Gasteiger partial charge in [0.05, 0.1) is 0 Å². The van der Waals surface area contributed by atoms with Gasteiger partial charge in [-0.3, -0.25) is 0 Å². The van der Waals surface area contributed by atoms with Crippen molar-refractivity contribution in [2.75, 3.05) is 0 Å². The van der Waals surface area contributed by atoms with E-state index in [1.165, 1.54) is 22.3 Å². The summed E-state index contributed by atoms with van der Waals surface area (Å²) < 4.78 is 1.10. The van der Waals surface area contributed by atoms with Crippen molar-refractivity contribution in [1.82, 2.24) is 0 Å². The maximum atomic E-state index is 6.37. The van der Waals surface area contributed by atoms with E-state index >= 15 is 0 Å². The van der Waals surface area contributed by atoms with E-state index in [-0.39, 0.29) is 11.5 Å². The summed E-state index contributed by atoms with van der Waals surface area (Å²) in [4.78, 5) is 0. The maximum absolute atomic E-state index is 6.37. The minimum atomic E-state index is 0.0143. The molecule has 2 rings (SSSR count). The van der Waals surface area contributed by atoms with Crippen molar-refractivity contribution in [3.8, 4) is 0 Å². The van der Waals surface area contributed by atoms with Gasteiger partial charge in [-0.1, -0.05) is 73.1 Å². The zero-order valence-corrected chi connectivity index (χ0v) is 14.9. The van der Waals surface area contributed by atoms with E-state index in [9.17, 15) is 0 Å². The number of halogens is 1. The average Bonchev–Trinajstić information content (AvgIpc) is 2.38. The van der Waals surface area contributed by atoms with E-state index in [0.717, 1.165) is 10.9 Å². The van der Waals surface area contributed by atoms with Gasteiger partial charge in [-0.05, 0) is 47.1 Å². The first kappa shape index (κ1) is 16.3. The molecule has 1 nitrogen and oxygen atoms in total. The highest BCUT2D eigenvalue weighted by atomic mass is 79.9. The summed E-state index contributed by atoms with van der Waals surface area (Å²) in [6.45, 7) is 8.79. The summed E-state index contributed by atoms with van der Waals surface area (Å²) in [7, 11) is 0. The van der Waals surface area contributed by atoms with Gasteiger partial charge in [0.15, 0.2) is 0 Å². The van der Waals surface area contributed by atoms with E-state index in [2.05, 4.69) is 86.1 Å². The molecule has 2 heteroatoms. The van der Waals surface area contributed by atoms with Crippen LogP contribution in [0.1, 0.15) is 49.1 Å². The molecule has 0 aromatic heterocycles. The molecule has 0 radical (unpaired) electrons. The van der Waals surface area contributed by atoms with Crippen LogP contribution in [0.5, 0.6) is 0 Å². The lowest BCUT2D eigenvalue weighted by molar-refractivity contribution is 0.589. The fraction of sp³-hybridized carbons (Fsp3) is 0.368. The summed E-state index contributed by atoms with van der Waals surface area (Å²) in [6.07, 6.45) is 0.853. The molecule has 0 bridgehead atoms. The summed E-state index contributed by atoms with van der Waals surface area (Å²) in [5, 5.41) is 0. The number of hydrogen-bond donors (Lipinski definition) is 1. The number of aryl methyl sites for hydroxylation is 1. The molecular formula is C19H24BrN. The van der Waals surface area contributed by atoms with Crippen molar-refractivity contribution in [1.29, 1.82) is 0 Å². The molecule has 0 heterocycles. The van der Waals surface area contributed by atoms with Gasteiger partial charge < -0.3 is 5.73 Å². The second kappa shape index (κ2) is 6.33. The molecular weight excluding hydrogens is 322 g/mol. The molecule has 2 aromatic carbocycles. The topological polar surface area (TPSA) is 26.0 Å². The number of benzene rings is 2. The quantitative estimate of drug-likeness (QED) is 0.802. The first-order chi connectivity index (χ1) is 9.77. The molecule has 1 unspecified atom stereocenters. The normalized spacial score (nSPS) is 13.2. The van der Waals surface area contributed by atoms with Gasteiger partial charge in [0.2, 0.25) is 0 Å². The zero-order valence-electron chi connectivity index (χ0n) is 13.3. The highest BCUT2D eigenvalue weighted by Gasteiger charge is 2.14. The van der Waals surface area contributed by atoms with Gasteiger partial charge in [-0.2, -0.15) is 0 Å². The lowest BCUT2D eigenvalue weighted by Gasteiger charge is -2.20. The van der Waals surface area contributed by atoms with Crippen LogP contribution in [0.25, 0.3) is 0 Å². The Morgan fingerprint density at radius 2 is 1.67 bits per heavy atom. The standard InChI is InChI=1S/C19H24BrN/c1-13-5-10-16(17(20)11-13)18(21)12-14-6-8-15(9-7-14)19(2,3)4/h5-11,18H,12,21H2,1-4H3. The summed E-state index contributed by atoms with van der Waals surface area (Å²) >= 11 is 3.62. The fourth-order valence-corrected chi connectivity index (χ4v) is 3.22. The Labute approximate surface area is 136 Å². The van der Waals surface area contributed by atoms with E-state index < -0.39 is 0 Å². The molecule has 0 amide bonds. The van der Waals surface area contributed by atoms with E-state index in [1.807, 2.05) is 0 Å². The van der Waals surface area contributed by atoms with Crippen molar-refractivity contribution < 1.29 is 0 Å². The zero-order chi connectivity index (χ0) is 15.6. The monoisotopic (exact) mass is 345 g/mol. The maximum Gasteiger partial charge on any atom is 0.0347 e. The predicted molar refractivity (Wildman–Crippen MR) is 94.7 cm³/mol. The molecule has 0 aliphatic heterocycles. The van der Waals surface area contributed by atoms with Gasteiger partial charge in [-0.15, -0.1) is 0 Å². The Morgan fingerprint density at radius 1 is 1.05 bits per heavy atom. The Morgan fingerprint density at radius 3 is 2.19 bits per heavy atom. The molecule has 2 aromatic rings. The number of nitrogens with two attached hydrogens (primary N) is 1. The molecule has 0 aliphatic carbocycles. The van der Waals surface area contributed by atoms with Crippen LogP contribution in [0, 0.1) is 6.92 Å². The van der Waals surface area contributed by atoms with Crippen molar-refractivity contribution >= 4 is 15.9 Å². The third-order valence-electron chi connectivity index (χ3n) is 3.83. The van der Waals surface area contributed by atoms with Gasteiger partial charge in [0, 0.05) is 10.5 Å². The SMILES string of the molecule is Cc1ccc(C(N)Cc2ccc(C(C)(C)C)cc2)c(Br)c1. The van der Waals surface area contributed by atoms with Crippen LogP contribution < -0.4 is 5.73 Å². The molecule has 0 aliphatic rings. The summed E-state index contributed by atoms with van der Waals surface area (Å²) in [6, 6.07) is 15.2. The van der Waals surface area contributed by atoms with Gasteiger partial charge in [0.1, 0.15) is 0 Å². The van der Waals surface area contributed by atoms with Crippen molar-refractivity contribution in [2.45, 2.75) is 45.6 Å². The molecule has 0 saturated carbocycles. The van der Waals surface area contributed by atoms with Crippen LogP contribution in [0.4, 0.5) is 0 Å². The number of hydrogen-bond acceptors (Lipinski definition) is 1. The second-order valence-electron chi connectivity index (χ2n) is 6.78. The minimum Gasteiger partial charge on any atom is -0.324 e. The Kier molecular flexibility index (Phi) is 4.90. The van der Waals surface area contributed by atoms with Crippen molar-refractivity contribution in [2.24, 2.45) is 5.73 Å². The molecule has 21 heavy (non-hydrogen) atoms. The van der Waals surface area contributed by atoms with Crippen LogP contribution in [0.15, 0.2) is 46.9 Å². The second-order valence-corrected chi connectivity index (χ2v) is 7.64. The van der Waals surface area contributed by atoms with E-state index in [4.69, 9.17) is 5.73 Å². The average molecular weight is 346 g/mol. The largest absolute Gasteiger partial charge is 0.324 e. The highest BCUT2D eigenvalue weighted by Crippen LogP contribution is 2.27.